The average molecular weight is 568 g/mol. The van der Waals surface area contributed by atoms with E-state index in [9.17, 15) is 24.6 Å². The maximum absolute atomic E-state index is 14.0. The van der Waals surface area contributed by atoms with Crippen LogP contribution in [0.1, 0.15) is 63.7 Å². The first-order valence-corrected chi connectivity index (χ1v) is 14.1. The van der Waals surface area contributed by atoms with E-state index < -0.39 is 34.5 Å². The Labute approximate surface area is 234 Å². The molecule has 3 aromatic heterocycles. The van der Waals surface area contributed by atoms with Crippen LogP contribution >= 0.6 is 11.3 Å². The Morgan fingerprint density at radius 3 is 2.52 bits per heavy atom. The molecule has 1 aliphatic rings. The number of fused-ring (bicyclic) bond motifs is 1. The number of carbonyl (C=O) groups is 1. The van der Waals surface area contributed by atoms with Crippen molar-refractivity contribution in [2.24, 2.45) is 0 Å². The number of carboxylic acids is 1. The largest absolute Gasteiger partial charge is 0.480 e. The molecular formula is C29H33N3O7S. The zero-order chi connectivity index (χ0) is 28.8. The predicted octanol–water partition coefficient (Wildman–Crippen LogP) is 4.46. The molecule has 1 unspecified atom stereocenters. The van der Waals surface area contributed by atoms with Crippen LogP contribution in [-0.2, 0) is 21.6 Å². The van der Waals surface area contributed by atoms with Gasteiger partial charge in [-0.05, 0) is 64.5 Å². The second kappa shape index (κ2) is 10.5. The van der Waals surface area contributed by atoms with Crippen LogP contribution in [0.3, 0.4) is 0 Å². The summed E-state index contributed by atoms with van der Waals surface area (Å²) in [6.45, 7) is 6.29. The molecular weight excluding hydrogens is 534 g/mol. The molecule has 10 nitrogen and oxygen atoms in total. The predicted molar refractivity (Wildman–Crippen MR) is 151 cm³/mol. The first kappa shape index (κ1) is 28.0. The van der Waals surface area contributed by atoms with Gasteiger partial charge in [-0.2, -0.15) is 0 Å². The third kappa shape index (κ3) is 5.04. The number of ether oxygens (including phenoxy) is 1. The third-order valence-electron chi connectivity index (χ3n) is 7.81. The first-order valence-electron chi connectivity index (χ1n) is 13.3. The van der Waals surface area contributed by atoms with Crippen molar-refractivity contribution in [3.8, 4) is 10.8 Å². The van der Waals surface area contributed by atoms with E-state index in [1.807, 2.05) is 37.3 Å². The van der Waals surface area contributed by atoms with Gasteiger partial charge in [-0.25, -0.2) is 19.1 Å². The molecule has 1 aliphatic carbocycles. The lowest BCUT2D eigenvalue weighted by Gasteiger charge is -2.35. The number of hydrogen-bond acceptors (Lipinski definition) is 8. The van der Waals surface area contributed by atoms with Crippen LogP contribution in [0.25, 0.3) is 21.0 Å². The number of aliphatic hydroxyl groups is 1. The normalized spacial score (nSPS) is 20.6. The van der Waals surface area contributed by atoms with Gasteiger partial charge in [0.1, 0.15) is 22.7 Å². The van der Waals surface area contributed by atoms with Crippen molar-refractivity contribution in [1.82, 2.24) is 14.1 Å². The molecule has 1 atom stereocenters. The number of aryl methyl sites for hydroxylation is 1. The summed E-state index contributed by atoms with van der Waals surface area (Å²) >= 11 is 1.20. The van der Waals surface area contributed by atoms with Gasteiger partial charge in [0.2, 0.25) is 5.89 Å². The molecule has 0 spiro atoms. The van der Waals surface area contributed by atoms with Crippen molar-refractivity contribution in [2.45, 2.75) is 83.3 Å². The second-order valence-corrected chi connectivity index (χ2v) is 12.2. The summed E-state index contributed by atoms with van der Waals surface area (Å²) in [6.07, 6.45) is 4.76. The zero-order valence-electron chi connectivity index (χ0n) is 22.9. The molecule has 212 valence electrons. The molecule has 2 N–H and O–H groups in total. The van der Waals surface area contributed by atoms with E-state index in [0.29, 0.717) is 46.8 Å². The van der Waals surface area contributed by atoms with E-state index >= 15 is 0 Å². The smallest absolute Gasteiger partial charge is 0.333 e. The fourth-order valence-corrected chi connectivity index (χ4v) is 6.52. The topological polar surface area (TPSA) is 137 Å². The minimum atomic E-state index is -1.81. The molecule has 0 aliphatic heterocycles. The molecule has 11 heteroatoms. The molecule has 1 aromatic carbocycles. The molecule has 0 saturated heterocycles. The van der Waals surface area contributed by atoms with Crippen LogP contribution in [0, 0.1) is 6.92 Å². The highest BCUT2D eigenvalue weighted by atomic mass is 32.1. The maximum Gasteiger partial charge on any atom is 0.333 e. The lowest BCUT2D eigenvalue weighted by Crippen LogP contribution is -2.52. The highest BCUT2D eigenvalue weighted by Crippen LogP contribution is 2.37. The lowest BCUT2D eigenvalue weighted by molar-refractivity contribution is -0.146. The van der Waals surface area contributed by atoms with Gasteiger partial charge in [0.15, 0.2) is 0 Å². The first-order chi connectivity index (χ1) is 18.9. The van der Waals surface area contributed by atoms with E-state index in [4.69, 9.17) is 9.15 Å². The van der Waals surface area contributed by atoms with E-state index in [1.165, 1.54) is 42.2 Å². The third-order valence-corrected chi connectivity index (χ3v) is 9.11. The number of benzene rings is 1. The van der Waals surface area contributed by atoms with Gasteiger partial charge in [0, 0.05) is 0 Å². The van der Waals surface area contributed by atoms with Gasteiger partial charge in [-0.1, -0.05) is 30.3 Å². The molecule has 0 amide bonds. The number of aromatic nitrogens is 3. The fourth-order valence-electron chi connectivity index (χ4n) is 5.28. The van der Waals surface area contributed by atoms with Crippen molar-refractivity contribution in [3.63, 3.8) is 0 Å². The van der Waals surface area contributed by atoms with Gasteiger partial charge in [-0.15, -0.1) is 11.3 Å². The Hall–Kier alpha value is -3.54. The maximum atomic E-state index is 14.0. The lowest BCUT2D eigenvalue weighted by atomic mass is 9.85. The van der Waals surface area contributed by atoms with Gasteiger partial charge in [0.25, 0.3) is 5.56 Å². The van der Waals surface area contributed by atoms with Crippen LogP contribution in [-0.4, -0.2) is 42.0 Å². The SMILES string of the molecule is Cc1c(-c2ncco2)sc2c1c(=O)n(C(C)(C)C(=O)O)c(=O)n2CC(O[C@H]1CC[C@](C)(O)CC1)c1ccccc1. The average Bonchev–Trinajstić information content (AvgIpc) is 3.55. The highest BCUT2D eigenvalue weighted by Gasteiger charge is 2.36. The molecule has 0 radical (unpaired) electrons. The summed E-state index contributed by atoms with van der Waals surface area (Å²) < 4.78 is 14.4. The molecule has 4 aromatic rings. The monoisotopic (exact) mass is 567 g/mol. The molecule has 5 rings (SSSR count). The van der Waals surface area contributed by atoms with Crippen molar-refractivity contribution in [1.29, 1.82) is 0 Å². The highest BCUT2D eigenvalue weighted by molar-refractivity contribution is 7.22. The minimum Gasteiger partial charge on any atom is -0.480 e. The van der Waals surface area contributed by atoms with Gasteiger partial charge in [-0.3, -0.25) is 9.36 Å². The minimum absolute atomic E-state index is 0.0488. The quantitative estimate of drug-likeness (QED) is 0.318. The van der Waals surface area contributed by atoms with Crippen molar-refractivity contribution < 1.29 is 24.2 Å². The standard InChI is InChI=1S/C29H33N3O7S/c1-17-21-24(33)32(28(2,3)26(34)35)27(36)31(25(21)40-22(17)23-30-14-15-38-23)16-20(18-8-6-5-7-9-18)39-19-10-12-29(4,37)13-11-19/h5-9,14-15,19-20,37H,10-13,16H2,1-4H3,(H,34,35)/t19-,20?,29-. The number of thiophene rings is 1. The van der Waals surface area contributed by atoms with Crippen LogP contribution < -0.4 is 11.2 Å². The van der Waals surface area contributed by atoms with E-state index in [2.05, 4.69) is 4.98 Å². The van der Waals surface area contributed by atoms with Crippen molar-refractivity contribution >= 4 is 27.5 Å². The van der Waals surface area contributed by atoms with Gasteiger partial charge in [0.05, 0.1) is 34.7 Å². The Balaban J connectivity index is 1.69. The van der Waals surface area contributed by atoms with Gasteiger partial charge < -0.3 is 19.4 Å². The molecule has 0 bridgehead atoms. The van der Waals surface area contributed by atoms with E-state index in [0.717, 1.165) is 10.1 Å². The van der Waals surface area contributed by atoms with E-state index in [-0.39, 0.29) is 18.0 Å². The second-order valence-electron chi connectivity index (χ2n) is 11.2. The Morgan fingerprint density at radius 1 is 1.25 bits per heavy atom. The number of hydrogen-bond donors (Lipinski definition) is 2. The molecule has 40 heavy (non-hydrogen) atoms. The summed E-state index contributed by atoms with van der Waals surface area (Å²) in [4.78, 5) is 45.3. The number of carboxylic acid groups (broad SMARTS) is 1. The van der Waals surface area contributed by atoms with Crippen molar-refractivity contribution in [3.05, 3.63) is 74.8 Å². The number of rotatable bonds is 8. The van der Waals surface area contributed by atoms with Crippen LogP contribution in [0.2, 0.25) is 0 Å². The molecule has 3 heterocycles. The Bertz CT molecular complexity index is 1640. The van der Waals surface area contributed by atoms with Crippen LogP contribution in [0.15, 0.2) is 56.8 Å². The number of nitrogens with zero attached hydrogens (tertiary/aromatic N) is 3. The van der Waals surface area contributed by atoms with Crippen LogP contribution in [0.4, 0.5) is 0 Å². The summed E-state index contributed by atoms with van der Waals surface area (Å²) in [6, 6.07) is 9.51. The summed E-state index contributed by atoms with van der Waals surface area (Å²) in [7, 11) is 0. The molecule has 1 saturated carbocycles. The Kier molecular flexibility index (Phi) is 7.32. The van der Waals surface area contributed by atoms with Gasteiger partial charge >= 0.3 is 11.7 Å². The fraction of sp³-hybridized carbons (Fsp3) is 0.448. The summed E-state index contributed by atoms with van der Waals surface area (Å²) in [5, 5.41) is 20.6. The zero-order valence-corrected chi connectivity index (χ0v) is 23.7. The summed E-state index contributed by atoms with van der Waals surface area (Å²) in [5.41, 5.74) is -2.55. The van der Waals surface area contributed by atoms with Crippen LogP contribution in [0.5, 0.6) is 0 Å². The summed E-state index contributed by atoms with van der Waals surface area (Å²) in [5.74, 6) is -0.991. The Morgan fingerprint density at radius 2 is 1.93 bits per heavy atom. The van der Waals surface area contributed by atoms with E-state index in [1.54, 1.807) is 6.92 Å². The molecule has 1 fully saturated rings. The number of aliphatic carboxylic acids is 1. The number of oxazole rings is 1. The van der Waals surface area contributed by atoms with Crippen molar-refractivity contribution in [2.75, 3.05) is 0 Å².